The molecule has 0 heterocycles. The van der Waals surface area contributed by atoms with E-state index in [1.54, 1.807) is 0 Å². The number of halogens is 42. The van der Waals surface area contributed by atoms with Gasteiger partial charge in [-0.15, -0.1) is 0 Å². The van der Waals surface area contributed by atoms with Crippen molar-refractivity contribution >= 4 is 0 Å². The van der Waals surface area contributed by atoms with Crippen LogP contribution >= 0.6 is 0 Å². The van der Waals surface area contributed by atoms with Crippen LogP contribution in [0.2, 0.25) is 0 Å². The minimum atomic E-state index is -11.7. The first kappa shape index (κ1) is 60.0. The molecule has 1 nitrogen and oxygen atoms in total. The van der Waals surface area contributed by atoms with E-state index in [0.29, 0.717) is 0 Å². The highest BCUT2D eigenvalue weighted by molar-refractivity contribution is 5.25. The molecular formula is C20F42O. The molecule has 0 aliphatic heterocycles. The Bertz CT molecular complexity index is 1490. The summed E-state index contributed by atoms with van der Waals surface area (Å²) in [6.07, 6.45) is -58.4. The molecular weight excluding hydrogens is 1050 g/mol. The second-order valence-electron chi connectivity index (χ2n) is 11.3. The van der Waals surface area contributed by atoms with E-state index in [0.717, 1.165) is 0 Å². The van der Waals surface area contributed by atoms with E-state index in [4.69, 9.17) is 0 Å². The van der Waals surface area contributed by atoms with E-state index in [2.05, 4.69) is 0 Å². The van der Waals surface area contributed by atoms with Crippen LogP contribution in [0.1, 0.15) is 0 Å². The van der Waals surface area contributed by atoms with Crippen LogP contribution in [0.15, 0.2) is 0 Å². The highest BCUT2D eigenvalue weighted by Crippen LogP contribution is 2.73. The van der Waals surface area contributed by atoms with Gasteiger partial charge in [-0.05, 0) is 0 Å². The van der Waals surface area contributed by atoms with E-state index in [9.17, 15) is 176 Å². The molecule has 0 aromatic heterocycles. The van der Waals surface area contributed by atoms with Gasteiger partial charge in [-0.3, -0.25) is 4.74 Å². The molecule has 0 aliphatic carbocycles. The Morgan fingerprint density at radius 3 is 0.397 bits per heavy atom. The minimum absolute atomic E-state index is 0.114. The van der Waals surface area contributed by atoms with Crippen LogP contribution < -0.4 is 0 Å². The van der Waals surface area contributed by atoms with Crippen molar-refractivity contribution < 1.29 is 189 Å². The Hall–Kier alpha value is -2.98. The lowest BCUT2D eigenvalue weighted by Gasteiger charge is -2.53. The number of rotatable bonds is 14. The summed E-state index contributed by atoms with van der Waals surface area (Å²) in [6.45, 7) is 0. The third-order valence-corrected chi connectivity index (χ3v) is 7.40. The van der Waals surface area contributed by atoms with Crippen molar-refractivity contribution in [3.8, 4) is 0 Å². The fourth-order valence-corrected chi connectivity index (χ4v) is 3.89. The van der Waals surface area contributed by atoms with Crippen molar-refractivity contribution in [3.63, 3.8) is 0 Å². The predicted octanol–water partition coefficient (Wildman–Crippen LogP) is 13.5. The fourth-order valence-electron chi connectivity index (χ4n) is 3.89. The summed E-state index contributed by atoms with van der Waals surface area (Å²) < 4.78 is 574. The summed E-state index contributed by atoms with van der Waals surface area (Å²) in [6, 6.07) is 0. The molecule has 63 heavy (non-hydrogen) atoms. The monoisotopic (exact) mass is 1050 g/mol. The summed E-state index contributed by atoms with van der Waals surface area (Å²) in [4.78, 5) is 0. The molecule has 2 unspecified atom stereocenters. The maximum atomic E-state index is 15.6. The molecule has 0 bridgehead atoms. The van der Waals surface area contributed by atoms with Gasteiger partial charge in [0.15, 0.2) is 0 Å². The minimum Gasteiger partial charge on any atom is -0.292 e. The molecule has 0 aromatic rings. The molecule has 0 rings (SSSR count). The second-order valence-corrected chi connectivity index (χ2v) is 11.3. The first-order valence-corrected chi connectivity index (χ1v) is 12.8. The van der Waals surface area contributed by atoms with Gasteiger partial charge in [0.1, 0.15) is 0 Å². The first-order valence-electron chi connectivity index (χ1n) is 12.8. The summed E-state index contributed by atoms with van der Waals surface area (Å²) in [5.41, 5.74) is -22.1. The van der Waals surface area contributed by atoms with Crippen molar-refractivity contribution in [2.24, 2.45) is 0 Å². The van der Waals surface area contributed by atoms with Gasteiger partial charge in [-0.25, -0.2) is 17.6 Å². The lowest BCUT2D eigenvalue weighted by molar-refractivity contribution is -0.558. The molecule has 2 atom stereocenters. The topological polar surface area (TPSA) is 9.23 Å². The Morgan fingerprint density at radius 2 is 0.270 bits per heavy atom. The van der Waals surface area contributed by atoms with Crippen molar-refractivity contribution in [2.75, 3.05) is 0 Å². The van der Waals surface area contributed by atoms with Crippen molar-refractivity contribution in [1.82, 2.24) is 0 Å². The standard InChI is InChI=1S/C20F42O/c21-1(15(45,46)47,16(48,49)50)13(43,9(35,36)5(27,28)3(23,24)7(31,32)11(39,40)19(57,58)59)63-14(44,2(22,17(51,52)53)18(54,55)56)10(37,38)6(29,30)4(25,26)8(33,34)12(41,42)20(60,61)62. The van der Waals surface area contributed by atoms with Gasteiger partial charge in [0.2, 0.25) is 0 Å². The molecule has 0 saturated heterocycles. The van der Waals surface area contributed by atoms with Gasteiger partial charge >= 0.3 is 119 Å². The third kappa shape index (κ3) is 7.05. The van der Waals surface area contributed by atoms with Gasteiger partial charge < -0.3 is 0 Å². The van der Waals surface area contributed by atoms with Crippen LogP contribution in [0.4, 0.5) is 184 Å². The molecule has 0 amide bonds. The van der Waals surface area contributed by atoms with E-state index >= 15 is 8.78 Å². The summed E-state index contributed by atoms with van der Waals surface area (Å²) in [5, 5.41) is 0. The molecule has 380 valence electrons. The number of hydrogen-bond donors (Lipinski definition) is 0. The summed E-state index contributed by atoms with van der Waals surface area (Å²) >= 11 is 0. The third-order valence-electron chi connectivity index (χ3n) is 7.40. The smallest absolute Gasteiger partial charge is 0.292 e. The number of alkyl halides is 42. The average molecular weight is 1050 g/mol. The summed E-state index contributed by atoms with van der Waals surface area (Å²) in [5.74, 6) is -129. The number of hydrogen-bond acceptors (Lipinski definition) is 1. The maximum Gasteiger partial charge on any atom is 0.460 e. The Kier molecular flexibility index (Phi) is 13.6. The molecule has 0 aliphatic rings. The second kappa shape index (κ2) is 14.3. The van der Waals surface area contributed by atoms with Gasteiger partial charge in [-0.1, -0.05) is 0 Å². The molecule has 43 heteroatoms. The predicted molar refractivity (Wildman–Crippen MR) is 102 cm³/mol. The molecule has 0 N–H and O–H groups in total. The lowest BCUT2D eigenvalue weighted by Crippen LogP contribution is -2.86. The molecule has 0 radical (unpaired) electrons. The van der Waals surface area contributed by atoms with Gasteiger partial charge in [0, 0.05) is 0 Å². The zero-order chi connectivity index (χ0) is 52.7. The SMILES string of the molecule is FC(F)(F)C(F)(F)C(F)(F)C(F)(F)C(F)(F)C(F)(F)C(F)(OC(F)(C(F)(F)C(F)(F)C(F)(F)C(F)(F)C(F)(F)C(F)(F)F)C(F)(C(F)(F)F)C(F)(F)F)C(F)(C(F)(F)F)C(F)(F)F. The Balaban J connectivity index is 9.96. The number of ether oxygens (including phenoxy) is 1. The van der Waals surface area contributed by atoms with Crippen LogP contribution in [0, 0.1) is 0 Å². The first-order chi connectivity index (χ1) is 26.2. The zero-order valence-electron chi connectivity index (χ0n) is 26.3. The zero-order valence-corrected chi connectivity index (χ0v) is 26.3. The van der Waals surface area contributed by atoms with Crippen molar-refractivity contribution in [1.29, 1.82) is 0 Å². The van der Waals surface area contributed by atoms with E-state index in [1.807, 2.05) is 0 Å². The van der Waals surface area contributed by atoms with Crippen molar-refractivity contribution in [3.05, 3.63) is 0 Å². The van der Waals surface area contributed by atoms with E-state index in [1.165, 1.54) is 0 Å². The largest absolute Gasteiger partial charge is 0.460 e. The average Bonchev–Trinajstić information content (AvgIpc) is 2.99. The Morgan fingerprint density at radius 1 is 0.143 bits per heavy atom. The van der Waals surface area contributed by atoms with Crippen molar-refractivity contribution in [2.45, 2.75) is 119 Å². The molecule has 0 spiro atoms. The normalized spacial score (nSPS) is 19.0. The van der Waals surface area contributed by atoms with Crippen LogP contribution in [-0.2, 0) is 4.74 Å². The summed E-state index contributed by atoms with van der Waals surface area (Å²) in [7, 11) is 0. The van der Waals surface area contributed by atoms with Crippen LogP contribution in [-0.4, -0.2) is 119 Å². The lowest BCUT2D eigenvalue weighted by atomic mass is 9.79. The van der Waals surface area contributed by atoms with Gasteiger partial charge in [0.25, 0.3) is 0 Å². The van der Waals surface area contributed by atoms with Gasteiger partial charge in [-0.2, -0.15) is 167 Å². The molecule has 0 aromatic carbocycles. The highest BCUT2D eigenvalue weighted by atomic mass is 19.5. The van der Waals surface area contributed by atoms with E-state index in [-0.39, 0.29) is 4.74 Å². The highest BCUT2D eigenvalue weighted by Gasteiger charge is 3.05. The van der Waals surface area contributed by atoms with E-state index < -0.39 is 119 Å². The Labute approximate surface area is 310 Å². The quantitative estimate of drug-likeness (QED) is 0.158. The van der Waals surface area contributed by atoms with Gasteiger partial charge in [0.05, 0.1) is 0 Å². The van der Waals surface area contributed by atoms with Crippen LogP contribution in [0.25, 0.3) is 0 Å². The molecule has 0 saturated carbocycles. The van der Waals surface area contributed by atoms with Crippen LogP contribution in [0.3, 0.4) is 0 Å². The molecule has 0 fully saturated rings. The van der Waals surface area contributed by atoms with Crippen LogP contribution in [0.5, 0.6) is 0 Å². The maximum absolute atomic E-state index is 15.6. The fraction of sp³-hybridized carbons (Fsp3) is 1.00.